The summed E-state index contributed by atoms with van der Waals surface area (Å²) in [5.41, 5.74) is 16.2. The number of nitrogens with zero attached hydrogens (tertiary/aromatic N) is 2. The van der Waals surface area contributed by atoms with Crippen LogP contribution in [-0.2, 0) is 6.42 Å². The fourth-order valence-electron chi connectivity index (χ4n) is 5.77. The first kappa shape index (κ1) is 24.2. The van der Waals surface area contributed by atoms with Crippen molar-refractivity contribution in [1.29, 1.82) is 0 Å². The third kappa shape index (κ3) is 3.73. The van der Waals surface area contributed by atoms with Gasteiger partial charge in [-0.2, -0.15) is 4.98 Å². The first-order valence-corrected chi connectivity index (χ1v) is 13.3. The molecule has 2 N–H and O–H groups in total. The van der Waals surface area contributed by atoms with E-state index in [0.717, 1.165) is 71.0 Å². The van der Waals surface area contributed by atoms with Gasteiger partial charge in [-0.1, -0.05) is 27.7 Å². The Balaban J connectivity index is 1.97. The van der Waals surface area contributed by atoms with Crippen molar-refractivity contribution in [3.8, 4) is 0 Å². The second kappa shape index (κ2) is 9.20. The van der Waals surface area contributed by atoms with E-state index in [4.69, 9.17) is 14.4 Å². The number of hydrogen-bond acceptors (Lipinski definition) is 3. The van der Waals surface area contributed by atoms with E-state index in [-0.39, 0.29) is 0 Å². The number of rotatable bonds is 4. The van der Waals surface area contributed by atoms with Crippen LogP contribution >= 0.6 is 0 Å². The van der Waals surface area contributed by atoms with Gasteiger partial charge in [-0.15, -0.1) is 0 Å². The highest BCUT2D eigenvalue weighted by Crippen LogP contribution is 2.37. The topological polar surface area (TPSA) is 68.8 Å². The van der Waals surface area contributed by atoms with E-state index in [1.807, 2.05) is 0 Å². The van der Waals surface area contributed by atoms with Gasteiger partial charge in [-0.25, -0.2) is 9.97 Å². The van der Waals surface area contributed by atoms with Crippen molar-refractivity contribution in [1.82, 2.24) is 15.0 Å². The van der Waals surface area contributed by atoms with E-state index < -0.39 is 0 Å². The lowest BCUT2D eigenvalue weighted by atomic mass is 10.0. The average molecular weight is 482 g/mol. The summed E-state index contributed by atoms with van der Waals surface area (Å²) in [4.78, 5) is 17.4. The Morgan fingerprint density at radius 2 is 1.33 bits per heavy atom. The van der Waals surface area contributed by atoms with Crippen LogP contribution in [0.15, 0.2) is 22.6 Å². The molecule has 0 aliphatic carbocycles. The largest absolute Gasteiger partial charge is 0.386 e. The van der Waals surface area contributed by atoms with Gasteiger partial charge < -0.3 is 9.40 Å². The van der Waals surface area contributed by atoms with Crippen LogP contribution in [0.25, 0.3) is 44.5 Å². The molecule has 0 unspecified atom stereocenters. The maximum absolute atomic E-state index is 6.50. The highest BCUT2D eigenvalue weighted by Gasteiger charge is 2.28. The number of aromatic nitrogens is 4. The van der Waals surface area contributed by atoms with Crippen molar-refractivity contribution in [2.45, 2.75) is 81.1 Å². The van der Waals surface area contributed by atoms with Gasteiger partial charge in [0.15, 0.2) is 0 Å². The molecule has 0 fully saturated rings. The second-order valence-corrected chi connectivity index (χ2v) is 9.87. The molecule has 5 rings (SSSR count). The Labute approximate surface area is 213 Å². The third-order valence-electron chi connectivity index (χ3n) is 7.98. The fourth-order valence-corrected chi connectivity index (χ4v) is 5.77. The zero-order valence-corrected chi connectivity index (χ0v) is 22.9. The monoisotopic (exact) mass is 481 g/mol. The lowest BCUT2D eigenvalue weighted by Gasteiger charge is -1.99. The van der Waals surface area contributed by atoms with Crippen LogP contribution in [0.4, 0.5) is 0 Å². The van der Waals surface area contributed by atoms with Crippen LogP contribution in [0, 0.1) is 6.92 Å². The van der Waals surface area contributed by atoms with Crippen LogP contribution in [0.1, 0.15) is 113 Å². The zero-order chi connectivity index (χ0) is 25.7. The first-order chi connectivity index (χ1) is 17.3. The van der Waals surface area contributed by atoms with Crippen molar-refractivity contribution in [3.05, 3.63) is 63.9 Å². The summed E-state index contributed by atoms with van der Waals surface area (Å²) in [5, 5.41) is 0. The molecule has 5 nitrogen and oxygen atoms in total. The molecule has 3 aliphatic heterocycles. The van der Waals surface area contributed by atoms with Crippen LogP contribution < -0.4 is 4.98 Å². The van der Waals surface area contributed by atoms with Crippen molar-refractivity contribution < 1.29 is 9.40 Å². The van der Waals surface area contributed by atoms with Gasteiger partial charge in [-0.3, -0.25) is 0 Å². The smallest absolute Gasteiger partial charge is 0.377 e. The highest BCUT2D eigenvalue weighted by atomic mass is 16.4. The van der Waals surface area contributed by atoms with Gasteiger partial charge in [0.2, 0.25) is 11.6 Å². The maximum atomic E-state index is 6.50. The van der Waals surface area contributed by atoms with Crippen LogP contribution in [-0.4, -0.2) is 15.0 Å². The molecule has 2 aromatic heterocycles. The van der Waals surface area contributed by atoms with Gasteiger partial charge in [0.1, 0.15) is 0 Å². The minimum Gasteiger partial charge on any atom is -0.386 e. The normalized spacial score (nSPS) is 14.8. The Kier molecular flexibility index (Phi) is 6.19. The van der Waals surface area contributed by atoms with Gasteiger partial charge >= 0.3 is 5.89 Å². The molecule has 8 bridgehead atoms. The van der Waals surface area contributed by atoms with E-state index >= 15 is 0 Å². The zero-order valence-electron chi connectivity index (χ0n) is 22.9. The molecular formula is C31H37N4O+. The summed E-state index contributed by atoms with van der Waals surface area (Å²) in [6.07, 6.45) is 3.66. The third-order valence-corrected chi connectivity index (χ3v) is 7.98. The van der Waals surface area contributed by atoms with Crippen LogP contribution in [0.3, 0.4) is 0 Å². The molecule has 36 heavy (non-hydrogen) atoms. The molecule has 0 saturated carbocycles. The Hall–Kier alpha value is -3.47. The van der Waals surface area contributed by atoms with Crippen molar-refractivity contribution in [3.63, 3.8) is 0 Å². The van der Waals surface area contributed by atoms with Gasteiger partial charge in [0.05, 0.1) is 22.7 Å². The number of aryl methyl sites for hydroxylation is 2. The van der Waals surface area contributed by atoms with Crippen molar-refractivity contribution in [2.24, 2.45) is 0 Å². The summed E-state index contributed by atoms with van der Waals surface area (Å²) in [7, 11) is 0. The summed E-state index contributed by atoms with van der Waals surface area (Å²) in [6.45, 7) is 17.4. The predicted molar refractivity (Wildman–Crippen MR) is 149 cm³/mol. The average Bonchev–Trinajstić information content (AvgIpc) is 3.51. The van der Waals surface area contributed by atoms with Gasteiger partial charge in [0.25, 0.3) is 0 Å². The Morgan fingerprint density at radius 1 is 0.694 bits per heavy atom. The summed E-state index contributed by atoms with van der Waals surface area (Å²) in [6, 6.07) is 6.60. The molecule has 0 atom stereocenters. The standard InChI is InChI=1S/C31H36N4O/c1-9-20-17(6)25-14-29-22(11-3)19(8)30(35-29)36-31-23(12-4)18(7)26(34-31)15-28-21(10-2)16(5)24(32-28)13-27(20)33-25/h13-15,33H,9-12H2,1-8H3/p+1. The Bertz CT molecular complexity index is 1560. The van der Waals surface area contributed by atoms with E-state index in [2.05, 4.69) is 83.6 Å². The minimum absolute atomic E-state index is 0.679. The van der Waals surface area contributed by atoms with E-state index in [1.165, 1.54) is 39.0 Å². The summed E-state index contributed by atoms with van der Waals surface area (Å²) >= 11 is 0. The number of aromatic amines is 2. The number of H-pyrrole nitrogens is 2. The maximum Gasteiger partial charge on any atom is 0.377 e. The molecule has 2 aromatic rings. The van der Waals surface area contributed by atoms with Crippen molar-refractivity contribution >= 4 is 44.5 Å². The van der Waals surface area contributed by atoms with Crippen molar-refractivity contribution in [2.75, 3.05) is 0 Å². The molecule has 5 heterocycles. The summed E-state index contributed by atoms with van der Waals surface area (Å²) in [5.74, 6) is 1.46. The van der Waals surface area contributed by atoms with Gasteiger partial charge in [0, 0.05) is 28.2 Å². The fraction of sp³-hybridized carbons (Fsp3) is 0.387. The number of fused-ring (bicyclic) bond motifs is 8. The highest BCUT2D eigenvalue weighted by molar-refractivity contribution is 5.94. The number of allylic oxidation sites excluding steroid dienone is 6. The number of hydrogen-bond donors (Lipinski definition) is 1. The lowest BCUT2D eigenvalue weighted by Crippen LogP contribution is -2.07. The molecule has 186 valence electrons. The SMILES string of the molecule is CCC1=C(C)c2cc3[nH]c(cc4nc(oc5[nH+]c(cc1n2)C(C)=C5CC)C(C)=C4CC)c(C)c3CC. The lowest BCUT2D eigenvalue weighted by molar-refractivity contribution is -0.398. The minimum atomic E-state index is 0.679. The molecule has 0 spiro atoms. The number of nitrogens with one attached hydrogen (secondary N) is 2. The molecule has 0 aromatic carbocycles. The molecule has 0 radical (unpaired) electrons. The molecule has 0 saturated heterocycles. The molecule has 0 amide bonds. The van der Waals surface area contributed by atoms with E-state index in [9.17, 15) is 0 Å². The molecular weight excluding hydrogens is 444 g/mol. The van der Waals surface area contributed by atoms with E-state index in [1.54, 1.807) is 0 Å². The van der Waals surface area contributed by atoms with Crippen LogP contribution in [0.2, 0.25) is 0 Å². The Morgan fingerprint density at radius 3 is 2.00 bits per heavy atom. The predicted octanol–water partition coefficient (Wildman–Crippen LogP) is 8.01. The molecule has 3 aliphatic rings. The van der Waals surface area contributed by atoms with E-state index in [0.29, 0.717) is 5.89 Å². The van der Waals surface area contributed by atoms with Crippen LogP contribution in [0.5, 0.6) is 0 Å². The van der Waals surface area contributed by atoms with Gasteiger partial charge in [-0.05, 0) is 93.4 Å². The first-order valence-electron chi connectivity index (χ1n) is 13.3. The molecule has 5 heteroatoms. The summed E-state index contributed by atoms with van der Waals surface area (Å²) < 4.78 is 6.50. The second-order valence-electron chi connectivity index (χ2n) is 9.87. The quantitative estimate of drug-likeness (QED) is 0.481.